The number of carbonyl (C=O) groups is 1. The first kappa shape index (κ1) is 14.8. The topological polar surface area (TPSA) is 98.9 Å². The third-order valence-corrected chi connectivity index (χ3v) is 3.65. The third kappa shape index (κ3) is 3.48. The van der Waals surface area contributed by atoms with Gasteiger partial charge in [-0.1, -0.05) is 0 Å². The molecule has 0 unspecified atom stereocenters. The summed E-state index contributed by atoms with van der Waals surface area (Å²) in [7, 11) is 1.39. The van der Waals surface area contributed by atoms with Gasteiger partial charge in [-0.2, -0.15) is 0 Å². The summed E-state index contributed by atoms with van der Waals surface area (Å²) in [6, 6.07) is 7.19. The van der Waals surface area contributed by atoms with Crippen molar-refractivity contribution in [3.63, 3.8) is 0 Å². The molecule has 110 valence electrons. The molecule has 1 heterocycles. The number of nitro benzene ring substituents is 1. The van der Waals surface area contributed by atoms with Crippen LogP contribution >= 0.6 is 11.3 Å². The number of hydrogen-bond acceptors (Lipinski definition) is 6. The van der Waals surface area contributed by atoms with Crippen LogP contribution in [0.2, 0.25) is 0 Å². The van der Waals surface area contributed by atoms with Crippen LogP contribution in [0.25, 0.3) is 0 Å². The number of aromatic carboxylic acids is 1. The monoisotopic (exact) mass is 309 g/mol. The Balaban J connectivity index is 2.11. The largest absolute Gasteiger partial charge is 0.493 e. The zero-order valence-electron chi connectivity index (χ0n) is 10.9. The second kappa shape index (κ2) is 6.23. The van der Waals surface area contributed by atoms with Gasteiger partial charge in [0, 0.05) is 10.9 Å². The van der Waals surface area contributed by atoms with E-state index in [1.807, 2.05) is 0 Å². The Hall–Kier alpha value is -2.61. The van der Waals surface area contributed by atoms with Gasteiger partial charge in [0.15, 0.2) is 11.5 Å². The first-order valence-electron chi connectivity index (χ1n) is 5.78. The Bertz CT molecular complexity index is 681. The molecule has 1 aromatic carbocycles. The van der Waals surface area contributed by atoms with Crippen LogP contribution in [0.15, 0.2) is 30.3 Å². The van der Waals surface area contributed by atoms with E-state index in [1.165, 1.54) is 31.4 Å². The van der Waals surface area contributed by atoms with Gasteiger partial charge in [0.1, 0.15) is 11.5 Å². The fraction of sp³-hybridized carbons (Fsp3) is 0.154. The Kier molecular flexibility index (Phi) is 4.39. The predicted octanol–water partition coefficient (Wildman–Crippen LogP) is 2.94. The highest BCUT2D eigenvalue weighted by atomic mass is 32.1. The average molecular weight is 309 g/mol. The summed E-state index contributed by atoms with van der Waals surface area (Å²) in [5.41, 5.74) is -0.0940. The van der Waals surface area contributed by atoms with Crippen LogP contribution in [0.5, 0.6) is 11.5 Å². The molecule has 2 rings (SSSR count). The van der Waals surface area contributed by atoms with Gasteiger partial charge in [-0.15, -0.1) is 11.3 Å². The fourth-order valence-electron chi connectivity index (χ4n) is 1.61. The lowest BCUT2D eigenvalue weighted by Gasteiger charge is -2.09. The van der Waals surface area contributed by atoms with Crippen molar-refractivity contribution >= 4 is 23.0 Å². The van der Waals surface area contributed by atoms with Gasteiger partial charge < -0.3 is 14.6 Å². The molecule has 1 aromatic heterocycles. The standard InChI is InChI=1S/C13H11NO6S/c1-19-11-6-8(14(17)18)2-4-10(11)20-7-9-3-5-12(21-9)13(15)16/h2-6H,7H2,1H3,(H,15,16). The highest BCUT2D eigenvalue weighted by molar-refractivity contribution is 7.13. The van der Waals surface area contributed by atoms with E-state index in [2.05, 4.69) is 0 Å². The second-order valence-electron chi connectivity index (χ2n) is 3.95. The Morgan fingerprint density at radius 3 is 2.67 bits per heavy atom. The van der Waals surface area contributed by atoms with E-state index in [-0.39, 0.29) is 22.9 Å². The van der Waals surface area contributed by atoms with Crippen LogP contribution in [0.3, 0.4) is 0 Å². The molecule has 0 amide bonds. The van der Waals surface area contributed by atoms with Crippen molar-refractivity contribution in [1.82, 2.24) is 0 Å². The number of methoxy groups -OCH3 is 1. The molecule has 0 saturated heterocycles. The molecule has 21 heavy (non-hydrogen) atoms. The van der Waals surface area contributed by atoms with Gasteiger partial charge in [-0.05, 0) is 18.2 Å². The molecular formula is C13H11NO6S. The number of ether oxygens (including phenoxy) is 2. The van der Waals surface area contributed by atoms with Gasteiger partial charge >= 0.3 is 5.97 Å². The highest BCUT2D eigenvalue weighted by Gasteiger charge is 2.13. The molecule has 0 spiro atoms. The molecule has 8 heteroatoms. The molecule has 0 aliphatic heterocycles. The highest BCUT2D eigenvalue weighted by Crippen LogP contribution is 2.32. The van der Waals surface area contributed by atoms with Gasteiger partial charge in [-0.3, -0.25) is 10.1 Å². The zero-order valence-corrected chi connectivity index (χ0v) is 11.8. The third-order valence-electron chi connectivity index (χ3n) is 2.60. The van der Waals surface area contributed by atoms with Crippen molar-refractivity contribution in [2.75, 3.05) is 7.11 Å². The van der Waals surface area contributed by atoms with E-state index in [4.69, 9.17) is 14.6 Å². The number of nitrogens with zero attached hydrogens (tertiary/aromatic N) is 1. The lowest BCUT2D eigenvalue weighted by atomic mass is 10.3. The van der Waals surface area contributed by atoms with Crippen molar-refractivity contribution in [3.05, 3.63) is 50.2 Å². The number of non-ortho nitro benzene ring substituents is 1. The first-order chi connectivity index (χ1) is 10.0. The van der Waals surface area contributed by atoms with Gasteiger partial charge in [0.05, 0.1) is 18.1 Å². The van der Waals surface area contributed by atoms with Crippen LogP contribution in [0.1, 0.15) is 14.5 Å². The second-order valence-corrected chi connectivity index (χ2v) is 5.12. The number of hydrogen-bond donors (Lipinski definition) is 1. The minimum atomic E-state index is -0.987. The SMILES string of the molecule is COc1cc([N+](=O)[O-])ccc1OCc1ccc(C(=O)O)s1. The Labute approximate surface area is 123 Å². The number of benzene rings is 1. The molecule has 2 aromatic rings. The number of carboxylic acids is 1. The lowest BCUT2D eigenvalue weighted by Crippen LogP contribution is -1.97. The van der Waals surface area contributed by atoms with Crippen LogP contribution in [0.4, 0.5) is 5.69 Å². The zero-order chi connectivity index (χ0) is 15.4. The molecule has 0 atom stereocenters. The summed E-state index contributed by atoms with van der Waals surface area (Å²) >= 11 is 1.11. The number of carboxylic acid groups (broad SMARTS) is 1. The van der Waals surface area contributed by atoms with E-state index < -0.39 is 10.9 Å². The molecule has 0 radical (unpaired) electrons. The molecule has 0 bridgehead atoms. The number of rotatable bonds is 6. The summed E-state index contributed by atoms with van der Waals surface area (Å²) in [6.45, 7) is 0.159. The van der Waals surface area contributed by atoms with E-state index >= 15 is 0 Å². The summed E-state index contributed by atoms with van der Waals surface area (Å²) in [4.78, 5) is 21.9. The Morgan fingerprint density at radius 1 is 1.33 bits per heavy atom. The van der Waals surface area contributed by atoms with E-state index in [1.54, 1.807) is 6.07 Å². The quantitative estimate of drug-likeness (QED) is 0.650. The normalized spacial score (nSPS) is 10.1. The van der Waals surface area contributed by atoms with Crippen LogP contribution in [-0.4, -0.2) is 23.1 Å². The van der Waals surface area contributed by atoms with Crippen molar-refractivity contribution in [2.45, 2.75) is 6.61 Å². The molecule has 0 aliphatic rings. The van der Waals surface area contributed by atoms with E-state index in [0.29, 0.717) is 5.75 Å². The van der Waals surface area contributed by atoms with Crippen molar-refractivity contribution in [2.24, 2.45) is 0 Å². The number of nitro groups is 1. The van der Waals surface area contributed by atoms with Gasteiger partial charge in [-0.25, -0.2) is 4.79 Å². The van der Waals surface area contributed by atoms with Crippen molar-refractivity contribution in [3.8, 4) is 11.5 Å². The average Bonchev–Trinajstić information content (AvgIpc) is 2.93. The molecule has 0 saturated carbocycles. The van der Waals surface area contributed by atoms with Crippen LogP contribution < -0.4 is 9.47 Å². The van der Waals surface area contributed by atoms with Crippen LogP contribution in [-0.2, 0) is 6.61 Å². The minimum Gasteiger partial charge on any atom is -0.493 e. The maximum atomic E-state index is 10.8. The minimum absolute atomic E-state index is 0.0940. The maximum absolute atomic E-state index is 10.8. The molecule has 7 nitrogen and oxygen atoms in total. The molecule has 0 fully saturated rings. The first-order valence-corrected chi connectivity index (χ1v) is 6.60. The molecular weight excluding hydrogens is 298 g/mol. The summed E-state index contributed by atoms with van der Waals surface area (Å²) < 4.78 is 10.6. The smallest absolute Gasteiger partial charge is 0.345 e. The maximum Gasteiger partial charge on any atom is 0.345 e. The van der Waals surface area contributed by atoms with Crippen molar-refractivity contribution in [1.29, 1.82) is 0 Å². The predicted molar refractivity (Wildman–Crippen MR) is 75.3 cm³/mol. The van der Waals surface area contributed by atoms with E-state index in [9.17, 15) is 14.9 Å². The summed E-state index contributed by atoms with van der Waals surface area (Å²) in [5, 5.41) is 19.5. The number of thiophene rings is 1. The van der Waals surface area contributed by atoms with Gasteiger partial charge in [0.25, 0.3) is 5.69 Å². The Morgan fingerprint density at radius 2 is 2.10 bits per heavy atom. The lowest BCUT2D eigenvalue weighted by molar-refractivity contribution is -0.385. The summed E-state index contributed by atoms with van der Waals surface area (Å²) in [6.07, 6.45) is 0. The summed E-state index contributed by atoms with van der Waals surface area (Å²) in [5.74, 6) is -0.383. The van der Waals surface area contributed by atoms with Crippen molar-refractivity contribution < 1.29 is 24.3 Å². The fourth-order valence-corrected chi connectivity index (χ4v) is 2.37. The molecule has 0 aliphatic carbocycles. The van der Waals surface area contributed by atoms with Crippen LogP contribution in [0, 0.1) is 10.1 Å². The van der Waals surface area contributed by atoms with Gasteiger partial charge in [0.2, 0.25) is 0 Å². The van der Waals surface area contributed by atoms with E-state index in [0.717, 1.165) is 16.2 Å². The molecule has 1 N–H and O–H groups in total.